The van der Waals surface area contributed by atoms with Crippen LogP contribution in [-0.4, -0.2) is 43.9 Å². The summed E-state index contributed by atoms with van der Waals surface area (Å²) in [5.74, 6) is -1.93. The Balaban J connectivity index is 3.32. The summed E-state index contributed by atoms with van der Waals surface area (Å²) < 4.78 is 0. The lowest BCUT2D eigenvalue weighted by molar-refractivity contribution is -0.385. The molecular formula is C12H14ClN3O5. The minimum Gasteiger partial charge on any atom is -0.480 e. The fourth-order valence-electron chi connectivity index (χ4n) is 1.74. The van der Waals surface area contributed by atoms with Gasteiger partial charge in [0.2, 0.25) is 0 Å². The quantitative estimate of drug-likeness (QED) is 0.505. The lowest BCUT2D eigenvalue weighted by atomic mass is 10.0. The van der Waals surface area contributed by atoms with Gasteiger partial charge in [-0.2, -0.15) is 0 Å². The second kappa shape index (κ2) is 6.04. The van der Waals surface area contributed by atoms with E-state index in [1.54, 1.807) is 6.92 Å². The second-order valence-electron chi connectivity index (χ2n) is 4.70. The molecule has 0 atom stereocenters. The number of pyridine rings is 1. The lowest BCUT2D eigenvalue weighted by Gasteiger charge is -2.34. The number of likely N-dealkylation sites (N-methyl/N-ethyl adjacent to an activating group) is 1. The molecule has 0 spiro atoms. The summed E-state index contributed by atoms with van der Waals surface area (Å²) in [7, 11) is 0. The van der Waals surface area contributed by atoms with E-state index in [2.05, 4.69) is 4.98 Å². The highest BCUT2D eigenvalue weighted by Crippen LogP contribution is 2.24. The number of carboxylic acid groups (broad SMARTS) is 1. The summed E-state index contributed by atoms with van der Waals surface area (Å²) in [6, 6.07) is 0.984. The number of hydrogen-bond donors (Lipinski definition) is 1. The van der Waals surface area contributed by atoms with E-state index < -0.39 is 28.0 Å². The van der Waals surface area contributed by atoms with E-state index in [4.69, 9.17) is 11.6 Å². The van der Waals surface area contributed by atoms with Crippen molar-refractivity contribution in [2.75, 3.05) is 6.54 Å². The molecule has 0 aliphatic rings. The number of halogens is 1. The monoisotopic (exact) mass is 315 g/mol. The molecule has 0 aliphatic carbocycles. The number of carbonyl (C=O) groups excluding carboxylic acids is 1. The molecule has 0 unspecified atom stereocenters. The number of aliphatic carboxylic acids is 1. The normalized spacial score (nSPS) is 11.0. The van der Waals surface area contributed by atoms with Gasteiger partial charge >= 0.3 is 5.97 Å². The van der Waals surface area contributed by atoms with Gasteiger partial charge in [-0.05, 0) is 20.8 Å². The Hall–Kier alpha value is -2.22. The van der Waals surface area contributed by atoms with Gasteiger partial charge in [0, 0.05) is 12.6 Å². The minimum absolute atomic E-state index is 0.0944. The van der Waals surface area contributed by atoms with Gasteiger partial charge in [-0.1, -0.05) is 11.6 Å². The Labute approximate surface area is 125 Å². The number of nitro groups is 1. The number of rotatable bonds is 5. The van der Waals surface area contributed by atoms with Crippen molar-refractivity contribution in [2.24, 2.45) is 0 Å². The summed E-state index contributed by atoms with van der Waals surface area (Å²) in [6.07, 6.45) is 0.928. The van der Waals surface area contributed by atoms with Crippen molar-refractivity contribution in [3.8, 4) is 0 Å². The fourth-order valence-corrected chi connectivity index (χ4v) is 1.92. The van der Waals surface area contributed by atoms with Crippen LogP contribution in [0.5, 0.6) is 0 Å². The average molecular weight is 316 g/mol. The van der Waals surface area contributed by atoms with Gasteiger partial charge in [0.05, 0.1) is 10.5 Å². The molecule has 1 rings (SSSR count). The first-order valence-electron chi connectivity index (χ1n) is 5.98. The third-order valence-electron chi connectivity index (χ3n) is 3.03. The standard InChI is InChI=1S/C12H14ClN3O5/c1-4-15(12(2,3)11(18)19)10(17)8-5-7(16(20)21)6-14-9(8)13/h5-6H,4H2,1-3H3,(H,18,19). The molecule has 1 N–H and O–H groups in total. The van der Waals surface area contributed by atoms with Crippen molar-refractivity contribution in [1.29, 1.82) is 0 Å². The van der Waals surface area contributed by atoms with Crippen LogP contribution in [0.4, 0.5) is 5.69 Å². The maximum atomic E-state index is 12.4. The van der Waals surface area contributed by atoms with Gasteiger partial charge in [-0.25, -0.2) is 9.78 Å². The summed E-state index contributed by atoms with van der Waals surface area (Å²) in [4.78, 5) is 38.4. The molecule has 21 heavy (non-hydrogen) atoms. The summed E-state index contributed by atoms with van der Waals surface area (Å²) >= 11 is 5.80. The first kappa shape index (κ1) is 16.8. The second-order valence-corrected chi connectivity index (χ2v) is 5.06. The van der Waals surface area contributed by atoms with Gasteiger partial charge in [0.1, 0.15) is 16.9 Å². The van der Waals surface area contributed by atoms with Gasteiger partial charge in [0.25, 0.3) is 11.6 Å². The zero-order chi connectivity index (χ0) is 16.4. The molecule has 0 bridgehead atoms. The molecule has 114 valence electrons. The van der Waals surface area contributed by atoms with Crippen molar-refractivity contribution in [1.82, 2.24) is 9.88 Å². The molecule has 1 amide bonds. The molecule has 0 fully saturated rings. The molecule has 1 aromatic heterocycles. The molecule has 9 heteroatoms. The van der Waals surface area contributed by atoms with Crippen molar-refractivity contribution in [2.45, 2.75) is 26.3 Å². The number of nitrogens with zero attached hydrogens (tertiary/aromatic N) is 3. The number of hydrogen-bond acceptors (Lipinski definition) is 5. The van der Waals surface area contributed by atoms with Crippen LogP contribution in [0.25, 0.3) is 0 Å². The summed E-state index contributed by atoms with van der Waals surface area (Å²) in [6.45, 7) is 4.41. The van der Waals surface area contributed by atoms with Crippen molar-refractivity contribution >= 4 is 29.2 Å². The Kier molecular flexibility index (Phi) is 4.84. The van der Waals surface area contributed by atoms with E-state index in [1.807, 2.05) is 0 Å². The molecule has 0 aromatic carbocycles. The number of carboxylic acids is 1. The number of carbonyl (C=O) groups is 2. The van der Waals surface area contributed by atoms with Gasteiger partial charge < -0.3 is 10.0 Å². The highest BCUT2D eigenvalue weighted by Gasteiger charge is 2.38. The van der Waals surface area contributed by atoms with Crippen LogP contribution in [0, 0.1) is 10.1 Å². The molecule has 0 aliphatic heterocycles. The Morgan fingerprint density at radius 3 is 2.52 bits per heavy atom. The maximum Gasteiger partial charge on any atom is 0.329 e. The van der Waals surface area contributed by atoms with Gasteiger partial charge in [-0.15, -0.1) is 0 Å². The van der Waals surface area contributed by atoms with Crippen LogP contribution < -0.4 is 0 Å². The van der Waals surface area contributed by atoms with E-state index >= 15 is 0 Å². The third-order valence-corrected chi connectivity index (χ3v) is 3.33. The highest BCUT2D eigenvalue weighted by atomic mass is 35.5. The molecular weight excluding hydrogens is 302 g/mol. The first-order chi connectivity index (χ1) is 9.62. The van der Waals surface area contributed by atoms with Crippen LogP contribution >= 0.6 is 11.6 Å². The third kappa shape index (κ3) is 3.27. The first-order valence-corrected chi connectivity index (χ1v) is 6.36. The highest BCUT2D eigenvalue weighted by molar-refractivity contribution is 6.32. The Bertz CT molecular complexity index is 603. The molecule has 0 saturated heterocycles. The van der Waals surface area contributed by atoms with Gasteiger partial charge in [-0.3, -0.25) is 14.9 Å². The Morgan fingerprint density at radius 1 is 1.52 bits per heavy atom. The molecule has 1 heterocycles. The van der Waals surface area contributed by atoms with Gasteiger partial charge in [0.15, 0.2) is 0 Å². The summed E-state index contributed by atoms with van der Waals surface area (Å²) in [5.41, 5.74) is -2.09. The lowest BCUT2D eigenvalue weighted by Crippen LogP contribution is -2.53. The van der Waals surface area contributed by atoms with Crippen molar-refractivity contribution in [3.05, 3.63) is 33.1 Å². The van der Waals surface area contributed by atoms with E-state index in [1.165, 1.54) is 13.8 Å². The topological polar surface area (TPSA) is 114 Å². The zero-order valence-electron chi connectivity index (χ0n) is 11.7. The fraction of sp³-hybridized carbons (Fsp3) is 0.417. The van der Waals surface area contributed by atoms with Crippen LogP contribution in [-0.2, 0) is 4.79 Å². The maximum absolute atomic E-state index is 12.4. The smallest absolute Gasteiger partial charge is 0.329 e. The van der Waals surface area contributed by atoms with Crippen LogP contribution in [0.3, 0.4) is 0 Å². The van der Waals surface area contributed by atoms with Crippen LogP contribution in [0.1, 0.15) is 31.1 Å². The molecule has 1 aromatic rings. The van der Waals surface area contributed by atoms with Crippen molar-refractivity contribution in [3.63, 3.8) is 0 Å². The SMILES string of the molecule is CCN(C(=O)c1cc([N+](=O)[O-])cnc1Cl)C(C)(C)C(=O)O. The predicted molar refractivity (Wildman–Crippen MR) is 74.3 cm³/mol. The van der Waals surface area contributed by atoms with E-state index in [0.29, 0.717) is 0 Å². The van der Waals surface area contributed by atoms with Crippen LogP contribution in [0.15, 0.2) is 12.3 Å². The number of aromatic nitrogens is 1. The Morgan fingerprint density at radius 2 is 2.10 bits per heavy atom. The van der Waals surface area contributed by atoms with E-state index in [-0.39, 0.29) is 17.3 Å². The number of amides is 1. The van der Waals surface area contributed by atoms with E-state index in [9.17, 15) is 24.8 Å². The summed E-state index contributed by atoms with van der Waals surface area (Å²) in [5, 5.41) is 19.7. The molecule has 0 radical (unpaired) electrons. The largest absolute Gasteiger partial charge is 0.480 e. The van der Waals surface area contributed by atoms with E-state index in [0.717, 1.165) is 17.2 Å². The predicted octanol–water partition coefficient (Wildman–Crippen LogP) is 1.97. The average Bonchev–Trinajstić information content (AvgIpc) is 2.38. The molecule has 0 saturated carbocycles. The zero-order valence-corrected chi connectivity index (χ0v) is 12.4. The van der Waals surface area contributed by atoms with Crippen molar-refractivity contribution < 1.29 is 19.6 Å². The minimum atomic E-state index is -1.49. The van der Waals surface area contributed by atoms with Crippen LogP contribution in [0.2, 0.25) is 5.15 Å². The molecule has 8 nitrogen and oxygen atoms in total.